The van der Waals surface area contributed by atoms with E-state index >= 15 is 0 Å². The Morgan fingerprint density at radius 2 is 2.21 bits per heavy atom. The molecule has 0 aromatic heterocycles. The van der Waals surface area contributed by atoms with E-state index in [-0.39, 0.29) is 5.60 Å². The minimum Gasteiger partial charge on any atom is -0.389 e. The molecule has 3 nitrogen and oxygen atoms in total. The number of morpholine rings is 1. The Kier molecular flexibility index (Phi) is 4.23. The first-order valence-electron chi connectivity index (χ1n) is 6.63. The van der Waals surface area contributed by atoms with Crippen LogP contribution in [0.15, 0.2) is 18.2 Å². The molecular formula is C15H22N2OS. The number of nitrogens with zero attached hydrogens (tertiary/aromatic N) is 1. The molecule has 0 saturated carbocycles. The van der Waals surface area contributed by atoms with E-state index in [4.69, 9.17) is 22.7 Å². The van der Waals surface area contributed by atoms with Gasteiger partial charge in [0.05, 0.1) is 12.2 Å². The monoisotopic (exact) mass is 278 g/mol. The van der Waals surface area contributed by atoms with Crippen LogP contribution >= 0.6 is 12.2 Å². The maximum atomic E-state index is 5.74. The smallest absolute Gasteiger partial charge is 0.103 e. The van der Waals surface area contributed by atoms with Gasteiger partial charge in [-0.05, 0) is 38.0 Å². The van der Waals surface area contributed by atoms with Crippen molar-refractivity contribution in [2.45, 2.75) is 32.9 Å². The topological polar surface area (TPSA) is 38.5 Å². The van der Waals surface area contributed by atoms with Crippen LogP contribution in [0.3, 0.4) is 0 Å². The number of nitrogens with two attached hydrogens (primary N) is 1. The quantitative estimate of drug-likeness (QED) is 0.861. The molecule has 0 unspecified atom stereocenters. The van der Waals surface area contributed by atoms with Crippen molar-refractivity contribution in [3.63, 3.8) is 0 Å². The lowest BCUT2D eigenvalue weighted by Crippen LogP contribution is -2.47. The van der Waals surface area contributed by atoms with Gasteiger partial charge in [-0.25, -0.2) is 0 Å². The summed E-state index contributed by atoms with van der Waals surface area (Å²) in [6.45, 7) is 10.1. The Morgan fingerprint density at radius 3 is 2.79 bits per heavy atom. The molecule has 0 amide bonds. The minimum absolute atomic E-state index is 0.0507. The first-order chi connectivity index (χ1) is 8.87. The SMILES string of the molecule is Cc1cc(C(N)=S)ccc1CN1CCOC(C)(C)C1. The fraction of sp³-hybridized carbons (Fsp3) is 0.533. The van der Waals surface area contributed by atoms with Crippen LogP contribution in [-0.2, 0) is 11.3 Å². The Labute approximate surface area is 120 Å². The molecule has 19 heavy (non-hydrogen) atoms. The average molecular weight is 278 g/mol. The zero-order valence-corrected chi connectivity index (χ0v) is 12.7. The lowest BCUT2D eigenvalue weighted by molar-refractivity contribution is -0.0883. The van der Waals surface area contributed by atoms with Crippen LogP contribution in [0.4, 0.5) is 0 Å². The van der Waals surface area contributed by atoms with Crippen LogP contribution in [0.5, 0.6) is 0 Å². The predicted octanol–water partition coefficient (Wildman–Crippen LogP) is 2.24. The fourth-order valence-corrected chi connectivity index (χ4v) is 2.64. The fourth-order valence-electron chi connectivity index (χ4n) is 2.52. The van der Waals surface area contributed by atoms with Gasteiger partial charge in [-0.2, -0.15) is 0 Å². The van der Waals surface area contributed by atoms with E-state index in [2.05, 4.69) is 37.8 Å². The summed E-state index contributed by atoms with van der Waals surface area (Å²) < 4.78 is 5.74. The number of ether oxygens (including phenoxy) is 1. The van der Waals surface area contributed by atoms with Crippen LogP contribution in [0.1, 0.15) is 30.5 Å². The third kappa shape index (κ3) is 3.75. The molecule has 104 valence electrons. The molecule has 0 bridgehead atoms. The van der Waals surface area contributed by atoms with Gasteiger partial charge in [-0.15, -0.1) is 0 Å². The van der Waals surface area contributed by atoms with Crippen LogP contribution in [0, 0.1) is 6.92 Å². The van der Waals surface area contributed by atoms with Gasteiger partial charge in [0.15, 0.2) is 0 Å². The Hall–Kier alpha value is -0.970. The predicted molar refractivity (Wildman–Crippen MR) is 82.4 cm³/mol. The zero-order chi connectivity index (χ0) is 14.0. The van der Waals surface area contributed by atoms with E-state index in [1.54, 1.807) is 0 Å². The highest BCUT2D eigenvalue weighted by atomic mass is 32.1. The molecule has 1 saturated heterocycles. The molecule has 2 N–H and O–H groups in total. The second-order valence-electron chi connectivity index (χ2n) is 5.82. The summed E-state index contributed by atoms with van der Waals surface area (Å²) in [7, 11) is 0. The largest absolute Gasteiger partial charge is 0.389 e. The van der Waals surface area contributed by atoms with E-state index in [1.807, 2.05) is 6.07 Å². The van der Waals surface area contributed by atoms with Gasteiger partial charge in [-0.3, -0.25) is 4.90 Å². The number of hydrogen-bond donors (Lipinski definition) is 1. The number of aryl methyl sites for hydroxylation is 1. The van der Waals surface area contributed by atoms with E-state index in [0.29, 0.717) is 4.99 Å². The number of rotatable bonds is 3. The Bertz CT molecular complexity index is 485. The zero-order valence-electron chi connectivity index (χ0n) is 11.9. The van der Waals surface area contributed by atoms with Crippen LogP contribution in [0.25, 0.3) is 0 Å². The molecule has 0 radical (unpaired) electrons. The number of thiocarbonyl (C=S) groups is 1. The molecule has 1 fully saturated rings. The molecule has 4 heteroatoms. The van der Waals surface area contributed by atoms with Crippen molar-refractivity contribution in [2.24, 2.45) is 5.73 Å². The maximum absolute atomic E-state index is 5.74. The van der Waals surface area contributed by atoms with Gasteiger partial charge < -0.3 is 10.5 Å². The molecule has 1 heterocycles. The summed E-state index contributed by atoms with van der Waals surface area (Å²) in [6.07, 6.45) is 0. The van der Waals surface area contributed by atoms with E-state index in [1.165, 1.54) is 11.1 Å². The van der Waals surface area contributed by atoms with Gasteiger partial charge in [-0.1, -0.05) is 24.4 Å². The summed E-state index contributed by atoms with van der Waals surface area (Å²) in [5.74, 6) is 0. The molecule has 1 aliphatic heterocycles. The highest BCUT2D eigenvalue weighted by Gasteiger charge is 2.27. The van der Waals surface area contributed by atoms with Crippen molar-refractivity contribution in [3.05, 3.63) is 34.9 Å². The summed E-state index contributed by atoms with van der Waals surface area (Å²) in [6, 6.07) is 6.21. The van der Waals surface area contributed by atoms with Crippen molar-refractivity contribution in [2.75, 3.05) is 19.7 Å². The van der Waals surface area contributed by atoms with Crippen LogP contribution in [-0.4, -0.2) is 35.2 Å². The second kappa shape index (κ2) is 5.57. The van der Waals surface area contributed by atoms with E-state index < -0.39 is 0 Å². The molecule has 1 aromatic carbocycles. The van der Waals surface area contributed by atoms with Crippen molar-refractivity contribution in [1.29, 1.82) is 0 Å². The molecule has 1 aliphatic rings. The van der Waals surface area contributed by atoms with Crippen molar-refractivity contribution in [3.8, 4) is 0 Å². The highest BCUT2D eigenvalue weighted by molar-refractivity contribution is 7.80. The van der Waals surface area contributed by atoms with Crippen LogP contribution in [0.2, 0.25) is 0 Å². The molecule has 0 aliphatic carbocycles. The standard InChI is InChI=1S/C15H22N2OS/c1-11-8-12(14(16)19)4-5-13(11)9-17-6-7-18-15(2,3)10-17/h4-5,8H,6-7,9-10H2,1-3H3,(H2,16,19). The molecule has 2 rings (SSSR count). The summed E-state index contributed by atoms with van der Waals surface area (Å²) in [4.78, 5) is 2.90. The van der Waals surface area contributed by atoms with Gasteiger partial charge in [0.25, 0.3) is 0 Å². The maximum Gasteiger partial charge on any atom is 0.103 e. The van der Waals surface area contributed by atoms with Gasteiger partial charge in [0.2, 0.25) is 0 Å². The molecule has 0 spiro atoms. The van der Waals surface area contributed by atoms with Crippen LogP contribution < -0.4 is 5.73 Å². The van der Waals surface area contributed by atoms with Crippen molar-refractivity contribution < 1.29 is 4.74 Å². The molecule has 0 atom stereocenters. The molecular weight excluding hydrogens is 256 g/mol. The lowest BCUT2D eigenvalue weighted by atomic mass is 10.0. The Balaban J connectivity index is 2.09. The highest BCUT2D eigenvalue weighted by Crippen LogP contribution is 2.20. The number of hydrogen-bond acceptors (Lipinski definition) is 3. The minimum atomic E-state index is -0.0507. The third-order valence-electron chi connectivity index (χ3n) is 3.53. The average Bonchev–Trinajstić information content (AvgIpc) is 2.30. The lowest BCUT2D eigenvalue weighted by Gasteiger charge is -2.38. The summed E-state index contributed by atoms with van der Waals surface area (Å²) in [5.41, 5.74) is 9.13. The van der Waals surface area contributed by atoms with Crippen molar-refractivity contribution >= 4 is 17.2 Å². The number of benzene rings is 1. The van der Waals surface area contributed by atoms with Gasteiger partial charge in [0.1, 0.15) is 4.99 Å². The Morgan fingerprint density at radius 1 is 1.47 bits per heavy atom. The summed E-state index contributed by atoms with van der Waals surface area (Å²) >= 11 is 5.01. The first kappa shape index (κ1) is 14.4. The van der Waals surface area contributed by atoms with Crippen molar-refractivity contribution in [1.82, 2.24) is 4.90 Å². The molecule has 1 aromatic rings. The van der Waals surface area contributed by atoms with E-state index in [9.17, 15) is 0 Å². The normalized spacial score (nSPS) is 19.3. The second-order valence-corrected chi connectivity index (χ2v) is 6.26. The first-order valence-corrected chi connectivity index (χ1v) is 7.04. The third-order valence-corrected chi connectivity index (χ3v) is 3.76. The van der Waals surface area contributed by atoms with E-state index in [0.717, 1.165) is 31.8 Å². The van der Waals surface area contributed by atoms with Gasteiger partial charge >= 0.3 is 0 Å². The van der Waals surface area contributed by atoms with Gasteiger partial charge in [0, 0.05) is 25.2 Å². The summed E-state index contributed by atoms with van der Waals surface area (Å²) in [5, 5.41) is 0.